The number of carbonyl (C=O) groups is 1. The highest BCUT2D eigenvalue weighted by Gasteiger charge is 2.62. The lowest BCUT2D eigenvalue weighted by atomic mass is 9.45. The van der Waals surface area contributed by atoms with Gasteiger partial charge in [-0.1, -0.05) is 13.8 Å². The number of hydrogen-bond donors (Lipinski definition) is 2. The summed E-state index contributed by atoms with van der Waals surface area (Å²) in [5, 5.41) is 20.2. The van der Waals surface area contributed by atoms with E-state index in [2.05, 4.69) is 13.8 Å². The molecule has 0 spiro atoms. The van der Waals surface area contributed by atoms with Gasteiger partial charge in [0.15, 0.2) is 5.78 Å². The Balaban J connectivity index is 1.64. The minimum Gasteiger partial charge on any atom is -0.393 e. The minimum absolute atomic E-state index is 0.0987. The zero-order valence-electron chi connectivity index (χ0n) is 13.9. The van der Waals surface area contributed by atoms with Crippen LogP contribution in [-0.2, 0) is 4.79 Å². The number of hydrogen-bond acceptors (Lipinski definition) is 3. The molecule has 22 heavy (non-hydrogen) atoms. The maximum atomic E-state index is 12.5. The molecule has 3 heteroatoms. The smallest absolute Gasteiger partial charge is 0.167 e. The number of aliphatic hydroxyl groups is 2. The Morgan fingerprint density at radius 3 is 2.50 bits per heavy atom. The van der Waals surface area contributed by atoms with Gasteiger partial charge in [0, 0.05) is 5.41 Å². The first-order valence-electron chi connectivity index (χ1n) is 9.26. The molecule has 0 radical (unpaired) electrons. The highest BCUT2D eigenvalue weighted by atomic mass is 16.3. The molecule has 4 aliphatic carbocycles. The van der Waals surface area contributed by atoms with Gasteiger partial charge in [0.1, 0.15) is 6.10 Å². The second-order valence-electron chi connectivity index (χ2n) is 9.16. The van der Waals surface area contributed by atoms with Gasteiger partial charge in [-0.05, 0) is 80.5 Å². The molecular formula is C19H30O3. The van der Waals surface area contributed by atoms with Crippen LogP contribution in [-0.4, -0.2) is 28.2 Å². The van der Waals surface area contributed by atoms with Crippen LogP contribution in [0.5, 0.6) is 0 Å². The van der Waals surface area contributed by atoms with Crippen LogP contribution in [0.15, 0.2) is 0 Å². The molecule has 1 unspecified atom stereocenters. The van der Waals surface area contributed by atoms with Crippen molar-refractivity contribution in [3.05, 3.63) is 0 Å². The van der Waals surface area contributed by atoms with Gasteiger partial charge >= 0.3 is 0 Å². The molecule has 0 aliphatic heterocycles. The quantitative estimate of drug-likeness (QED) is 0.723. The second-order valence-corrected chi connectivity index (χ2v) is 9.16. The van der Waals surface area contributed by atoms with Crippen molar-refractivity contribution in [1.82, 2.24) is 0 Å². The average Bonchev–Trinajstić information content (AvgIpc) is 2.72. The van der Waals surface area contributed by atoms with Crippen molar-refractivity contribution in [3.63, 3.8) is 0 Å². The van der Waals surface area contributed by atoms with Crippen molar-refractivity contribution in [2.45, 2.75) is 77.4 Å². The van der Waals surface area contributed by atoms with Crippen LogP contribution in [0.2, 0.25) is 0 Å². The van der Waals surface area contributed by atoms with E-state index in [4.69, 9.17) is 0 Å². The summed E-state index contributed by atoms with van der Waals surface area (Å²) in [6.07, 6.45) is 7.43. The van der Waals surface area contributed by atoms with Crippen LogP contribution in [0.25, 0.3) is 0 Å². The molecular weight excluding hydrogens is 276 g/mol. The third kappa shape index (κ3) is 1.84. The van der Waals surface area contributed by atoms with Gasteiger partial charge in [0.2, 0.25) is 0 Å². The summed E-state index contributed by atoms with van der Waals surface area (Å²) in [5.41, 5.74) is 0.0814. The number of Topliss-reactive ketones (excluding diaryl/α,β-unsaturated/α-hetero) is 1. The first kappa shape index (κ1) is 15.1. The average molecular weight is 306 g/mol. The SMILES string of the molecule is C[C@]12CC[C@@H](O)C[C@@H]1CC[C@@H]1[C@@H]2CC[C@]2(C)C(=O)C(O)C[C@@H]12. The fourth-order valence-electron chi connectivity index (χ4n) is 7.02. The molecule has 0 saturated heterocycles. The van der Waals surface area contributed by atoms with Gasteiger partial charge in [-0.15, -0.1) is 0 Å². The van der Waals surface area contributed by atoms with Crippen LogP contribution < -0.4 is 0 Å². The van der Waals surface area contributed by atoms with Crippen LogP contribution in [0.3, 0.4) is 0 Å². The summed E-state index contributed by atoms with van der Waals surface area (Å²) in [7, 11) is 0. The number of ketones is 1. The Morgan fingerprint density at radius 1 is 0.955 bits per heavy atom. The highest BCUT2D eigenvalue weighted by Crippen LogP contribution is 2.65. The number of aliphatic hydroxyl groups excluding tert-OH is 2. The van der Waals surface area contributed by atoms with Gasteiger partial charge < -0.3 is 10.2 Å². The standard InChI is InChI=1S/C19H30O3/c1-18-7-5-12(20)9-11(18)3-4-13-14(18)6-8-19(2)15(13)10-16(21)17(19)22/h11-16,20-21H,3-10H2,1-2H3/t11-,12+,13+,14-,15-,16?,18-,19-/m0/s1. The Kier molecular flexibility index (Phi) is 3.30. The van der Waals surface area contributed by atoms with E-state index in [1.54, 1.807) is 0 Å². The second kappa shape index (κ2) is 4.80. The molecule has 0 aromatic heterocycles. The van der Waals surface area contributed by atoms with Crippen molar-refractivity contribution < 1.29 is 15.0 Å². The number of carbonyl (C=O) groups excluding carboxylic acids is 1. The zero-order valence-corrected chi connectivity index (χ0v) is 13.9. The first-order valence-corrected chi connectivity index (χ1v) is 9.26. The van der Waals surface area contributed by atoms with E-state index >= 15 is 0 Å². The molecule has 8 atom stereocenters. The van der Waals surface area contributed by atoms with Crippen molar-refractivity contribution in [1.29, 1.82) is 0 Å². The lowest BCUT2D eigenvalue weighted by molar-refractivity contribution is -0.144. The molecule has 4 rings (SSSR count). The fourth-order valence-corrected chi connectivity index (χ4v) is 7.02. The van der Waals surface area contributed by atoms with Crippen molar-refractivity contribution >= 4 is 5.78 Å². The topological polar surface area (TPSA) is 57.5 Å². The number of fused-ring (bicyclic) bond motifs is 5. The van der Waals surface area contributed by atoms with Gasteiger partial charge in [-0.2, -0.15) is 0 Å². The van der Waals surface area contributed by atoms with Crippen LogP contribution >= 0.6 is 0 Å². The Morgan fingerprint density at radius 2 is 1.73 bits per heavy atom. The summed E-state index contributed by atoms with van der Waals surface area (Å²) in [6.45, 7) is 4.57. The van der Waals surface area contributed by atoms with E-state index in [0.29, 0.717) is 35.5 Å². The molecule has 124 valence electrons. The molecule has 0 aromatic rings. The molecule has 0 bridgehead atoms. The fraction of sp³-hybridized carbons (Fsp3) is 0.947. The normalized spacial score (nSPS) is 57.9. The molecule has 0 aromatic carbocycles. The van der Waals surface area contributed by atoms with Crippen LogP contribution in [0.4, 0.5) is 0 Å². The predicted octanol–water partition coefficient (Wildman–Crippen LogP) is 2.93. The maximum absolute atomic E-state index is 12.5. The summed E-state index contributed by atoms with van der Waals surface area (Å²) < 4.78 is 0. The van der Waals surface area contributed by atoms with Crippen LogP contribution in [0.1, 0.15) is 65.2 Å². The molecule has 2 N–H and O–H groups in total. The van der Waals surface area contributed by atoms with Gasteiger partial charge in [-0.25, -0.2) is 0 Å². The summed E-state index contributed by atoms with van der Waals surface area (Å²) in [4.78, 5) is 12.5. The van der Waals surface area contributed by atoms with E-state index in [1.807, 2.05) is 0 Å². The van der Waals surface area contributed by atoms with Crippen LogP contribution in [0, 0.1) is 34.5 Å². The molecule has 4 fully saturated rings. The monoisotopic (exact) mass is 306 g/mol. The predicted molar refractivity (Wildman–Crippen MR) is 84.1 cm³/mol. The molecule has 3 nitrogen and oxygen atoms in total. The third-order valence-corrected chi connectivity index (χ3v) is 8.37. The Hall–Kier alpha value is -0.410. The van der Waals surface area contributed by atoms with Gasteiger partial charge in [-0.3, -0.25) is 4.79 Å². The summed E-state index contributed by atoms with van der Waals surface area (Å²) in [6, 6.07) is 0. The van der Waals surface area contributed by atoms with Crippen molar-refractivity contribution in [3.8, 4) is 0 Å². The first-order chi connectivity index (χ1) is 10.4. The number of rotatable bonds is 0. The van der Waals surface area contributed by atoms with Gasteiger partial charge in [0.25, 0.3) is 0 Å². The molecule has 0 amide bonds. The lowest BCUT2D eigenvalue weighted by Crippen LogP contribution is -2.54. The van der Waals surface area contributed by atoms with E-state index in [-0.39, 0.29) is 17.3 Å². The molecule has 4 saturated carbocycles. The summed E-state index contributed by atoms with van der Waals surface area (Å²) in [5.74, 6) is 2.45. The van der Waals surface area contributed by atoms with Crippen molar-refractivity contribution in [2.24, 2.45) is 34.5 Å². The van der Waals surface area contributed by atoms with E-state index in [9.17, 15) is 15.0 Å². The minimum atomic E-state index is -0.715. The lowest BCUT2D eigenvalue weighted by Gasteiger charge is -2.59. The van der Waals surface area contributed by atoms with Gasteiger partial charge in [0.05, 0.1) is 6.10 Å². The molecule has 0 heterocycles. The van der Waals surface area contributed by atoms with Crippen molar-refractivity contribution in [2.75, 3.05) is 0 Å². The van der Waals surface area contributed by atoms with E-state index < -0.39 is 6.10 Å². The molecule has 4 aliphatic rings. The Labute approximate surface area is 133 Å². The van der Waals surface area contributed by atoms with E-state index in [0.717, 1.165) is 32.1 Å². The maximum Gasteiger partial charge on any atom is 0.167 e. The van der Waals surface area contributed by atoms with E-state index in [1.165, 1.54) is 12.8 Å². The Bertz CT molecular complexity index is 489. The highest BCUT2D eigenvalue weighted by molar-refractivity contribution is 5.91. The largest absolute Gasteiger partial charge is 0.393 e. The third-order valence-electron chi connectivity index (χ3n) is 8.37. The zero-order chi connectivity index (χ0) is 15.7. The summed E-state index contributed by atoms with van der Waals surface area (Å²) >= 11 is 0.